The van der Waals surface area contributed by atoms with Crippen LogP contribution >= 0.6 is 15.9 Å². The van der Waals surface area contributed by atoms with Crippen molar-refractivity contribution >= 4 is 15.9 Å². The van der Waals surface area contributed by atoms with Gasteiger partial charge in [-0.15, -0.1) is 0 Å². The standard InChI is InChI=1S/C7H7BrFNO2/c1-11-4-12-6-2-5(8)3-10-7(6)9/h2-3H,4H2,1H3. The lowest BCUT2D eigenvalue weighted by molar-refractivity contribution is 0.0476. The van der Waals surface area contributed by atoms with Crippen LogP contribution in [-0.2, 0) is 4.74 Å². The molecule has 0 bridgehead atoms. The Kier molecular flexibility index (Phi) is 3.43. The lowest BCUT2D eigenvalue weighted by atomic mass is 10.4. The van der Waals surface area contributed by atoms with E-state index in [1.807, 2.05) is 0 Å². The molecule has 0 fully saturated rings. The van der Waals surface area contributed by atoms with Crippen molar-refractivity contribution in [2.24, 2.45) is 0 Å². The number of hydrogen-bond acceptors (Lipinski definition) is 3. The van der Waals surface area contributed by atoms with Crippen molar-refractivity contribution in [3.63, 3.8) is 0 Å². The largest absolute Gasteiger partial charge is 0.463 e. The van der Waals surface area contributed by atoms with Crippen molar-refractivity contribution in [2.75, 3.05) is 13.9 Å². The first kappa shape index (κ1) is 9.41. The molecule has 0 radical (unpaired) electrons. The molecule has 0 atom stereocenters. The van der Waals surface area contributed by atoms with E-state index in [4.69, 9.17) is 4.74 Å². The van der Waals surface area contributed by atoms with Crippen molar-refractivity contribution in [1.82, 2.24) is 4.98 Å². The summed E-state index contributed by atoms with van der Waals surface area (Å²) in [4.78, 5) is 3.44. The van der Waals surface area contributed by atoms with Crippen molar-refractivity contribution in [2.45, 2.75) is 0 Å². The average molecular weight is 236 g/mol. The van der Waals surface area contributed by atoms with Gasteiger partial charge in [0, 0.05) is 23.8 Å². The van der Waals surface area contributed by atoms with Crippen LogP contribution in [0.4, 0.5) is 4.39 Å². The Morgan fingerprint density at radius 1 is 1.67 bits per heavy atom. The van der Waals surface area contributed by atoms with Gasteiger partial charge in [0.2, 0.25) is 0 Å². The maximum absolute atomic E-state index is 12.8. The molecule has 12 heavy (non-hydrogen) atoms. The van der Waals surface area contributed by atoms with E-state index in [0.29, 0.717) is 4.47 Å². The highest BCUT2D eigenvalue weighted by atomic mass is 79.9. The quantitative estimate of drug-likeness (QED) is 0.593. The van der Waals surface area contributed by atoms with Crippen molar-refractivity contribution < 1.29 is 13.9 Å². The van der Waals surface area contributed by atoms with E-state index < -0.39 is 5.95 Å². The molecular weight excluding hydrogens is 229 g/mol. The molecule has 0 N–H and O–H groups in total. The molecule has 0 aromatic carbocycles. The first-order valence-electron chi connectivity index (χ1n) is 3.17. The van der Waals surface area contributed by atoms with E-state index >= 15 is 0 Å². The normalized spacial score (nSPS) is 9.92. The molecule has 0 saturated carbocycles. The van der Waals surface area contributed by atoms with Crippen LogP contribution in [0.1, 0.15) is 0 Å². The third-order valence-electron chi connectivity index (χ3n) is 1.11. The molecule has 5 heteroatoms. The monoisotopic (exact) mass is 235 g/mol. The Bertz CT molecular complexity index is 270. The van der Waals surface area contributed by atoms with Crippen molar-refractivity contribution in [3.8, 4) is 5.75 Å². The second-order valence-corrected chi connectivity index (χ2v) is 2.91. The Morgan fingerprint density at radius 3 is 3.08 bits per heavy atom. The third-order valence-corrected chi connectivity index (χ3v) is 1.54. The van der Waals surface area contributed by atoms with Gasteiger partial charge < -0.3 is 9.47 Å². The number of pyridine rings is 1. The van der Waals surface area contributed by atoms with E-state index in [0.717, 1.165) is 0 Å². The van der Waals surface area contributed by atoms with Crippen LogP contribution < -0.4 is 4.74 Å². The van der Waals surface area contributed by atoms with Gasteiger partial charge in [0.05, 0.1) is 0 Å². The van der Waals surface area contributed by atoms with Gasteiger partial charge in [-0.2, -0.15) is 4.39 Å². The minimum Gasteiger partial charge on any atom is -0.463 e. The molecule has 0 amide bonds. The molecule has 1 aromatic rings. The molecule has 0 spiro atoms. The van der Waals surface area contributed by atoms with E-state index in [1.54, 1.807) is 0 Å². The molecule has 0 saturated heterocycles. The van der Waals surface area contributed by atoms with Crippen LogP contribution in [0.25, 0.3) is 0 Å². The highest BCUT2D eigenvalue weighted by molar-refractivity contribution is 9.10. The molecule has 1 heterocycles. The summed E-state index contributed by atoms with van der Waals surface area (Å²) in [6, 6.07) is 1.49. The zero-order valence-electron chi connectivity index (χ0n) is 6.38. The number of methoxy groups -OCH3 is 1. The van der Waals surface area contributed by atoms with Crippen LogP contribution in [0.2, 0.25) is 0 Å². The zero-order valence-corrected chi connectivity index (χ0v) is 7.97. The average Bonchev–Trinajstić information content (AvgIpc) is 2.07. The Morgan fingerprint density at radius 2 is 2.42 bits per heavy atom. The topological polar surface area (TPSA) is 31.4 Å². The Labute approximate surface area is 77.6 Å². The second-order valence-electron chi connectivity index (χ2n) is 1.99. The zero-order chi connectivity index (χ0) is 8.97. The van der Waals surface area contributed by atoms with Gasteiger partial charge in [-0.1, -0.05) is 0 Å². The summed E-state index contributed by atoms with van der Waals surface area (Å²) in [7, 11) is 1.46. The molecule has 1 aromatic heterocycles. The van der Waals surface area contributed by atoms with Crippen LogP contribution in [-0.4, -0.2) is 18.9 Å². The number of rotatable bonds is 3. The third kappa shape index (κ3) is 2.42. The number of halogens is 2. The maximum atomic E-state index is 12.8. The smallest absolute Gasteiger partial charge is 0.255 e. The predicted molar refractivity (Wildman–Crippen MR) is 44.4 cm³/mol. The van der Waals surface area contributed by atoms with Gasteiger partial charge in [-0.3, -0.25) is 0 Å². The molecule has 0 aliphatic carbocycles. The van der Waals surface area contributed by atoms with Gasteiger partial charge in [0.25, 0.3) is 5.95 Å². The summed E-state index contributed by atoms with van der Waals surface area (Å²) < 4.78 is 22.9. The maximum Gasteiger partial charge on any atom is 0.255 e. The SMILES string of the molecule is COCOc1cc(Br)cnc1F. The van der Waals surface area contributed by atoms with Crippen LogP contribution in [0.3, 0.4) is 0 Å². The Balaban J connectivity index is 2.75. The molecule has 66 valence electrons. The Hall–Kier alpha value is -0.680. The summed E-state index contributed by atoms with van der Waals surface area (Å²) in [5.41, 5.74) is 0. The van der Waals surface area contributed by atoms with Crippen LogP contribution in [0.15, 0.2) is 16.7 Å². The van der Waals surface area contributed by atoms with Crippen molar-refractivity contribution in [3.05, 3.63) is 22.7 Å². The van der Waals surface area contributed by atoms with Gasteiger partial charge >= 0.3 is 0 Å². The van der Waals surface area contributed by atoms with Gasteiger partial charge in [0.15, 0.2) is 12.5 Å². The minimum atomic E-state index is -0.643. The second kappa shape index (κ2) is 4.37. The molecule has 1 rings (SSSR count). The van der Waals surface area contributed by atoms with E-state index in [-0.39, 0.29) is 12.5 Å². The van der Waals surface area contributed by atoms with E-state index in [2.05, 4.69) is 25.7 Å². The lowest BCUT2D eigenvalue weighted by Gasteiger charge is -2.04. The fraction of sp³-hybridized carbons (Fsp3) is 0.286. The lowest BCUT2D eigenvalue weighted by Crippen LogP contribution is -2.01. The van der Waals surface area contributed by atoms with Crippen LogP contribution in [0, 0.1) is 5.95 Å². The van der Waals surface area contributed by atoms with E-state index in [1.165, 1.54) is 19.4 Å². The van der Waals surface area contributed by atoms with Gasteiger partial charge in [-0.25, -0.2) is 4.98 Å². The number of aromatic nitrogens is 1. The first-order valence-corrected chi connectivity index (χ1v) is 3.96. The molecule has 0 aliphatic heterocycles. The summed E-state index contributed by atoms with van der Waals surface area (Å²) >= 11 is 3.14. The number of ether oxygens (including phenoxy) is 2. The van der Waals surface area contributed by atoms with Crippen molar-refractivity contribution in [1.29, 1.82) is 0 Å². The molecule has 0 aliphatic rings. The fourth-order valence-electron chi connectivity index (χ4n) is 0.628. The van der Waals surface area contributed by atoms with E-state index in [9.17, 15) is 4.39 Å². The summed E-state index contributed by atoms with van der Waals surface area (Å²) in [6.45, 7) is 0.00898. The highest BCUT2D eigenvalue weighted by Crippen LogP contribution is 2.19. The predicted octanol–water partition coefficient (Wildman–Crippen LogP) is 1.97. The van der Waals surface area contributed by atoms with Gasteiger partial charge in [0.1, 0.15) is 0 Å². The number of hydrogen-bond donors (Lipinski definition) is 0. The number of nitrogens with zero attached hydrogens (tertiary/aromatic N) is 1. The first-order chi connectivity index (χ1) is 5.74. The summed E-state index contributed by atoms with van der Waals surface area (Å²) in [5.74, 6) is -0.568. The van der Waals surface area contributed by atoms with Gasteiger partial charge in [-0.05, 0) is 15.9 Å². The minimum absolute atomic E-state index is 0.00898. The highest BCUT2D eigenvalue weighted by Gasteiger charge is 2.04. The molecular formula is C7H7BrFNO2. The molecule has 0 unspecified atom stereocenters. The summed E-state index contributed by atoms with van der Waals surface area (Å²) in [5, 5.41) is 0. The fourth-order valence-corrected chi connectivity index (χ4v) is 0.938. The van der Waals surface area contributed by atoms with Crippen LogP contribution in [0.5, 0.6) is 5.75 Å². The summed E-state index contributed by atoms with van der Waals surface area (Å²) in [6.07, 6.45) is 1.36. The molecule has 3 nitrogen and oxygen atoms in total.